The molecule has 1 aliphatic carbocycles. The summed E-state index contributed by atoms with van der Waals surface area (Å²) >= 11 is 0. The van der Waals surface area contributed by atoms with Gasteiger partial charge in [-0.05, 0) is 103 Å². The molecule has 0 aromatic rings. The predicted molar refractivity (Wildman–Crippen MR) is 212 cm³/mol. The fraction of sp³-hybridized carbons (Fsp3) is 0.822. The first-order chi connectivity index (χ1) is 23.6. The van der Waals surface area contributed by atoms with Crippen molar-refractivity contribution in [3.8, 4) is 0 Å². The zero-order valence-electron chi connectivity index (χ0n) is 32.6. The van der Waals surface area contributed by atoms with Crippen molar-refractivity contribution in [1.82, 2.24) is 4.90 Å². The molecule has 3 heteroatoms. The molecule has 2 rings (SSSR count). The molecule has 278 valence electrons. The maximum atomic E-state index is 6.87. The van der Waals surface area contributed by atoms with Crippen molar-refractivity contribution in [3.63, 3.8) is 0 Å². The average molecular weight is 668 g/mol. The van der Waals surface area contributed by atoms with E-state index in [2.05, 4.69) is 81.3 Å². The molecule has 2 aliphatic rings. The molecule has 1 saturated carbocycles. The summed E-state index contributed by atoms with van der Waals surface area (Å²) in [6.45, 7) is 7.91. The van der Waals surface area contributed by atoms with Gasteiger partial charge in [0.25, 0.3) is 0 Å². The van der Waals surface area contributed by atoms with Gasteiger partial charge < -0.3 is 14.4 Å². The van der Waals surface area contributed by atoms with Crippen LogP contribution >= 0.6 is 0 Å². The van der Waals surface area contributed by atoms with Crippen molar-refractivity contribution in [2.24, 2.45) is 0 Å². The molecule has 2 fully saturated rings. The first-order valence-corrected chi connectivity index (χ1v) is 21.3. The Morgan fingerprint density at radius 2 is 0.833 bits per heavy atom. The van der Waals surface area contributed by atoms with Gasteiger partial charge in [-0.1, -0.05) is 146 Å². The number of rotatable bonds is 32. The fourth-order valence-corrected chi connectivity index (χ4v) is 7.51. The summed E-state index contributed by atoms with van der Waals surface area (Å²) < 4.78 is 13.7. The van der Waals surface area contributed by atoms with Crippen LogP contribution in [-0.2, 0) is 9.47 Å². The highest BCUT2D eigenvalue weighted by Gasteiger charge is 2.51. The second kappa shape index (κ2) is 29.6. The van der Waals surface area contributed by atoms with E-state index in [4.69, 9.17) is 9.47 Å². The first kappa shape index (κ1) is 43.0. The monoisotopic (exact) mass is 668 g/mol. The van der Waals surface area contributed by atoms with Crippen molar-refractivity contribution < 1.29 is 9.47 Å². The van der Waals surface area contributed by atoms with Crippen LogP contribution in [0.1, 0.15) is 201 Å². The van der Waals surface area contributed by atoms with E-state index in [0.29, 0.717) is 18.2 Å². The first-order valence-electron chi connectivity index (χ1n) is 21.3. The van der Waals surface area contributed by atoms with Crippen molar-refractivity contribution in [3.05, 3.63) is 48.6 Å². The van der Waals surface area contributed by atoms with Gasteiger partial charge >= 0.3 is 0 Å². The highest BCUT2D eigenvalue weighted by atomic mass is 16.8. The summed E-state index contributed by atoms with van der Waals surface area (Å²) in [6.07, 6.45) is 55.0. The van der Waals surface area contributed by atoms with Gasteiger partial charge in [-0.3, -0.25) is 0 Å². The number of allylic oxidation sites excluding steroid dienone is 8. The van der Waals surface area contributed by atoms with Crippen LogP contribution in [0.3, 0.4) is 0 Å². The Morgan fingerprint density at radius 3 is 1.21 bits per heavy atom. The van der Waals surface area contributed by atoms with Crippen molar-refractivity contribution >= 4 is 0 Å². The molecule has 1 heterocycles. The van der Waals surface area contributed by atoms with Crippen molar-refractivity contribution in [1.29, 1.82) is 0 Å². The summed E-state index contributed by atoms with van der Waals surface area (Å²) in [5.41, 5.74) is 0. The third-order valence-electron chi connectivity index (χ3n) is 10.8. The van der Waals surface area contributed by atoms with Gasteiger partial charge in [0, 0.05) is 18.9 Å². The Kier molecular flexibility index (Phi) is 26.5. The number of hydrogen-bond acceptors (Lipinski definition) is 3. The van der Waals surface area contributed by atoms with E-state index in [-0.39, 0.29) is 5.79 Å². The number of fused-ring (bicyclic) bond motifs is 1. The van der Waals surface area contributed by atoms with E-state index in [1.165, 1.54) is 141 Å². The van der Waals surface area contributed by atoms with Crippen LogP contribution in [-0.4, -0.2) is 42.5 Å². The van der Waals surface area contributed by atoms with Gasteiger partial charge in [0.15, 0.2) is 5.79 Å². The van der Waals surface area contributed by atoms with Gasteiger partial charge in [0.2, 0.25) is 0 Å². The number of hydrogen-bond donors (Lipinski definition) is 0. The number of nitrogens with zero attached hydrogens (tertiary/aromatic N) is 1. The average Bonchev–Trinajstić information content (AvgIpc) is 3.64. The lowest BCUT2D eigenvalue weighted by atomic mass is 9.98. The molecule has 0 N–H and O–H groups in total. The predicted octanol–water partition coefficient (Wildman–Crippen LogP) is 14.0. The summed E-state index contributed by atoms with van der Waals surface area (Å²) in [7, 11) is 2.26. The molecule has 0 unspecified atom stereocenters. The SMILES string of the molecule is CCCCC/C=C\C/C=C\CCCCCCCCC1(CCCCCCCC/C=C\C/C=C\CCCCC)O[C@H]2C[C@H](N(C)CC)C[C@H]2O1. The molecular formula is C45H81NO2. The summed E-state index contributed by atoms with van der Waals surface area (Å²) in [5, 5.41) is 0. The van der Waals surface area contributed by atoms with Gasteiger partial charge in [-0.15, -0.1) is 0 Å². The van der Waals surface area contributed by atoms with Crippen LogP contribution in [0.15, 0.2) is 48.6 Å². The molecule has 0 aromatic heterocycles. The van der Waals surface area contributed by atoms with Crippen LogP contribution in [0.25, 0.3) is 0 Å². The molecule has 1 aliphatic heterocycles. The lowest BCUT2D eigenvalue weighted by molar-refractivity contribution is -0.193. The summed E-state index contributed by atoms with van der Waals surface area (Å²) in [6, 6.07) is 0.617. The summed E-state index contributed by atoms with van der Waals surface area (Å²) in [4.78, 5) is 2.48. The minimum Gasteiger partial charge on any atom is -0.344 e. The molecule has 1 saturated heterocycles. The minimum atomic E-state index is -0.310. The summed E-state index contributed by atoms with van der Waals surface area (Å²) in [5.74, 6) is -0.310. The topological polar surface area (TPSA) is 21.7 Å². The van der Waals surface area contributed by atoms with Gasteiger partial charge in [0.1, 0.15) is 0 Å². The Labute approximate surface area is 300 Å². The largest absolute Gasteiger partial charge is 0.344 e. The van der Waals surface area contributed by atoms with E-state index in [9.17, 15) is 0 Å². The molecule has 0 radical (unpaired) electrons. The van der Waals surface area contributed by atoms with E-state index in [1.807, 2.05) is 0 Å². The van der Waals surface area contributed by atoms with Crippen molar-refractivity contribution in [2.45, 2.75) is 225 Å². The minimum absolute atomic E-state index is 0.304. The standard InChI is InChI=1S/C45H81NO2/c1-5-8-10-12-14-16-18-20-22-24-26-28-30-32-34-36-38-45(47-43-40-42(46(4)7-3)41-44(43)48-45)39-37-35-33-31-29-27-25-23-21-19-17-15-13-11-9-6-2/h14-17,20-23,42-44H,5-13,18-19,24-41H2,1-4H3/b16-14-,17-15-,22-20-,23-21-/t42-,43-,44+. The number of ether oxygens (including phenoxy) is 2. The van der Waals surface area contributed by atoms with Crippen LogP contribution < -0.4 is 0 Å². The smallest absolute Gasteiger partial charge is 0.169 e. The lowest BCUT2D eigenvalue weighted by Crippen LogP contribution is -2.35. The Morgan fingerprint density at radius 1 is 0.479 bits per heavy atom. The second-order valence-corrected chi connectivity index (χ2v) is 15.1. The highest BCUT2D eigenvalue weighted by molar-refractivity contribution is 4.97. The van der Waals surface area contributed by atoms with E-state index >= 15 is 0 Å². The lowest BCUT2D eigenvalue weighted by Gasteiger charge is -2.31. The third-order valence-corrected chi connectivity index (χ3v) is 10.8. The second-order valence-electron chi connectivity index (χ2n) is 15.1. The molecule has 48 heavy (non-hydrogen) atoms. The maximum Gasteiger partial charge on any atom is 0.169 e. The van der Waals surface area contributed by atoms with Gasteiger partial charge in [-0.2, -0.15) is 0 Å². The molecule has 0 aromatic carbocycles. The zero-order chi connectivity index (χ0) is 34.4. The number of unbranched alkanes of at least 4 members (excludes halogenated alkanes) is 18. The Hall–Kier alpha value is -1.16. The normalized spacial score (nSPS) is 21.0. The van der Waals surface area contributed by atoms with Crippen LogP contribution in [0, 0.1) is 0 Å². The third kappa shape index (κ3) is 20.5. The fourth-order valence-electron chi connectivity index (χ4n) is 7.51. The van der Waals surface area contributed by atoms with Crippen molar-refractivity contribution in [2.75, 3.05) is 13.6 Å². The van der Waals surface area contributed by atoms with Gasteiger partial charge in [-0.25, -0.2) is 0 Å². The Bertz CT molecular complexity index is 780. The van der Waals surface area contributed by atoms with Crippen LogP contribution in [0.2, 0.25) is 0 Å². The van der Waals surface area contributed by atoms with E-state index in [0.717, 1.165) is 45.1 Å². The zero-order valence-corrected chi connectivity index (χ0v) is 32.6. The van der Waals surface area contributed by atoms with E-state index < -0.39 is 0 Å². The highest BCUT2D eigenvalue weighted by Crippen LogP contribution is 2.44. The molecule has 3 nitrogen and oxygen atoms in total. The molecule has 0 amide bonds. The molecular weight excluding hydrogens is 587 g/mol. The Balaban J connectivity index is 1.58. The molecule has 0 bridgehead atoms. The van der Waals surface area contributed by atoms with Crippen LogP contribution in [0.5, 0.6) is 0 Å². The quantitative estimate of drug-likeness (QED) is 0.0526. The van der Waals surface area contributed by atoms with Crippen LogP contribution in [0.4, 0.5) is 0 Å². The van der Waals surface area contributed by atoms with E-state index in [1.54, 1.807) is 0 Å². The molecule has 0 spiro atoms. The maximum absolute atomic E-state index is 6.87. The van der Waals surface area contributed by atoms with Gasteiger partial charge in [0.05, 0.1) is 12.2 Å². The molecule has 3 atom stereocenters.